The van der Waals surface area contributed by atoms with E-state index in [-0.39, 0.29) is 20.4 Å². The molecule has 0 heterocycles. The average molecular weight is 263 g/mol. The van der Waals surface area contributed by atoms with Crippen molar-refractivity contribution in [3.05, 3.63) is 57.6 Å². The first kappa shape index (κ1) is 14.6. The van der Waals surface area contributed by atoms with Crippen molar-refractivity contribution >= 4 is 27.8 Å². The van der Waals surface area contributed by atoms with Crippen molar-refractivity contribution in [1.29, 1.82) is 0 Å². The van der Waals surface area contributed by atoms with Gasteiger partial charge in [-0.15, -0.1) is 0 Å². The zero-order chi connectivity index (χ0) is 14.2. The van der Waals surface area contributed by atoms with Crippen LogP contribution in [0, 0.1) is 41.5 Å². The Balaban J connectivity index is 2.47. The molecule has 0 unspecified atom stereocenters. The van der Waals surface area contributed by atoms with Crippen LogP contribution in [0.3, 0.4) is 0 Å². The predicted molar refractivity (Wildman–Crippen MR) is 86.3 cm³/mol. The quantitative estimate of drug-likeness (QED) is 0.729. The van der Waals surface area contributed by atoms with Gasteiger partial charge in [0.25, 0.3) is 0 Å². The van der Waals surface area contributed by atoms with Crippen molar-refractivity contribution in [3.8, 4) is 0 Å². The number of rotatable bonds is 2. The van der Waals surface area contributed by atoms with E-state index < -0.39 is 0 Å². The van der Waals surface area contributed by atoms with Crippen LogP contribution in [0.15, 0.2) is 24.3 Å². The van der Waals surface area contributed by atoms with E-state index in [0.29, 0.717) is 0 Å². The SMILES string of the molecule is Cc1cc(C)c(C)[c]([Mg][c]2cc(C)cc(C)c2C)c1. The van der Waals surface area contributed by atoms with Gasteiger partial charge in [0.2, 0.25) is 0 Å². The maximum atomic E-state index is 2.39. The van der Waals surface area contributed by atoms with Gasteiger partial charge in [0.05, 0.1) is 0 Å². The van der Waals surface area contributed by atoms with Gasteiger partial charge in [0.15, 0.2) is 0 Å². The summed E-state index contributed by atoms with van der Waals surface area (Å²) in [7, 11) is 0. The molecule has 19 heavy (non-hydrogen) atoms. The molecule has 0 spiro atoms. The Hall–Kier alpha value is -0.794. The Morgan fingerprint density at radius 2 is 0.947 bits per heavy atom. The lowest BCUT2D eigenvalue weighted by Gasteiger charge is -2.14. The van der Waals surface area contributed by atoms with E-state index in [2.05, 4.69) is 65.8 Å². The summed E-state index contributed by atoms with van der Waals surface area (Å²) in [5.74, 6) is 0. The molecular weight excluding hydrogens is 241 g/mol. The van der Waals surface area contributed by atoms with Crippen LogP contribution in [0.2, 0.25) is 0 Å². The van der Waals surface area contributed by atoms with Crippen molar-refractivity contribution in [2.45, 2.75) is 41.5 Å². The second-order valence-electron chi connectivity index (χ2n) is 5.91. The monoisotopic (exact) mass is 262 g/mol. The third-order valence-corrected chi connectivity index (χ3v) is 6.45. The van der Waals surface area contributed by atoms with Gasteiger partial charge in [0, 0.05) is 0 Å². The van der Waals surface area contributed by atoms with Crippen molar-refractivity contribution in [3.63, 3.8) is 0 Å². The third-order valence-electron chi connectivity index (χ3n) is 4.22. The summed E-state index contributed by atoms with van der Waals surface area (Å²) < 4.78 is 3.20. The normalized spacial score (nSPS) is 10.4. The molecule has 0 saturated heterocycles. The van der Waals surface area contributed by atoms with Crippen molar-refractivity contribution in [2.75, 3.05) is 0 Å². The van der Waals surface area contributed by atoms with E-state index in [4.69, 9.17) is 0 Å². The molecule has 2 aromatic carbocycles. The molecule has 0 aliphatic rings. The Morgan fingerprint density at radius 3 is 1.32 bits per heavy atom. The van der Waals surface area contributed by atoms with Crippen LogP contribution in [0.4, 0.5) is 0 Å². The van der Waals surface area contributed by atoms with Crippen LogP contribution in [0.1, 0.15) is 33.4 Å². The van der Waals surface area contributed by atoms with Crippen LogP contribution < -0.4 is 7.39 Å². The molecule has 0 amide bonds. The minimum Gasteiger partial charge on any atom is -0.162 e. The number of benzene rings is 2. The van der Waals surface area contributed by atoms with Gasteiger partial charge in [0.1, 0.15) is 0 Å². The van der Waals surface area contributed by atoms with E-state index in [1.54, 1.807) is 7.39 Å². The van der Waals surface area contributed by atoms with Crippen LogP contribution in [0.25, 0.3) is 0 Å². The molecule has 0 fully saturated rings. The molecule has 0 nitrogen and oxygen atoms in total. The van der Waals surface area contributed by atoms with Gasteiger partial charge in [-0.25, -0.2) is 0 Å². The summed E-state index contributed by atoms with van der Waals surface area (Å²) in [6.45, 7) is 13.4. The topological polar surface area (TPSA) is 0 Å². The summed E-state index contributed by atoms with van der Waals surface area (Å²) in [5, 5.41) is 0. The molecule has 0 aromatic heterocycles. The zero-order valence-corrected chi connectivity index (χ0v) is 14.4. The molecule has 2 rings (SSSR count). The molecule has 0 atom stereocenters. The van der Waals surface area contributed by atoms with Crippen LogP contribution in [-0.4, -0.2) is 20.4 Å². The smallest absolute Gasteiger partial charge is 0.162 e. The number of hydrogen-bond donors (Lipinski definition) is 0. The summed E-state index contributed by atoms with van der Waals surface area (Å²) in [6.07, 6.45) is 0. The van der Waals surface area contributed by atoms with E-state index in [0.717, 1.165) is 0 Å². The molecule has 0 saturated carbocycles. The van der Waals surface area contributed by atoms with Gasteiger partial charge in [-0.05, 0) is 41.5 Å². The molecule has 2 aromatic rings. The van der Waals surface area contributed by atoms with E-state index in [1.807, 2.05) is 0 Å². The molecular formula is C18H22Mg. The highest BCUT2D eigenvalue weighted by Crippen LogP contribution is 2.09. The van der Waals surface area contributed by atoms with Crippen LogP contribution in [0.5, 0.6) is 0 Å². The first-order chi connectivity index (χ1) is 8.88. The van der Waals surface area contributed by atoms with Crippen molar-refractivity contribution in [2.24, 2.45) is 0 Å². The van der Waals surface area contributed by atoms with Crippen molar-refractivity contribution in [1.82, 2.24) is 0 Å². The van der Waals surface area contributed by atoms with E-state index in [9.17, 15) is 0 Å². The maximum Gasteiger partial charge on any atom is 0.451 e. The second-order valence-corrected chi connectivity index (χ2v) is 7.79. The predicted octanol–water partition coefficient (Wildman–Crippen LogP) is 3.19. The van der Waals surface area contributed by atoms with Gasteiger partial charge in [-0.1, -0.05) is 57.6 Å². The summed E-state index contributed by atoms with van der Waals surface area (Å²) in [5.41, 5.74) is 8.65. The highest BCUT2D eigenvalue weighted by Gasteiger charge is 2.11. The Kier molecular flexibility index (Phi) is 4.37. The Morgan fingerprint density at radius 1 is 0.579 bits per heavy atom. The number of aryl methyl sites for hydroxylation is 4. The fourth-order valence-corrected chi connectivity index (χ4v) is 5.17. The lowest BCUT2D eigenvalue weighted by molar-refractivity contribution is 1.31. The van der Waals surface area contributed by atoms with Gasteiger partial charge < -0.3 is 0 Å². The standard InChI is InChI=1S/2C9H11.Mg/c2*1-7-4-5-8(2)9(3)6-7;/h2*4,6H,1-3H3;. The largest absolute Gasteiger partial charge is 0.451 e. The lowest BCUT2D eigenvalue weighted by atomic mass is 10.1. The molecule has 0 N–H and O–H groups in total. The fourth-order valence-electron chi connectivity index (χ4n) is 2.83. The van der Waals surface area contributed by atoms with Crippen LogP contribution >= 0.6 is 0 Å². The Labute approximate surface area is 127 Å². The molecule has 0 bridgehead atoms. The molecule has 96 valence electrons. The summed E-state index contributed by atoms with van der Waals surface area (Å²) in [4.78, 5) is 0. The first-order valence-corrected chi connectivity index (χ1v) is 8.43. The Bertz CT molecular complexity index is 569. The minimum absolute atomic E-state index is 0.378. The molecule has 0 radical (unpaired) electrons. The van der Waals surface area contributed by atoms with E-state index >= 15 is 0 Å². The summed E-state index contributed by atoms with van der Waals surface area (Å²) >= 11 is -0.378. The number of hydrogen-bond acceptors (Lipinski definition) is 0. The average Bonchev–Trinajstić information content (AvgIpc) is 2.31. The third kappa shape index (κ3) is 3.21. The van der Waals surface area contributed by atoms with E-state index in [1.165, 1.54) is 33.4 Å². The fraction of sp³-hybridized carbons (Fsp3) is 0.333. The molecule has 0 aliphatic carbocycles. The first-order valence-electron chi connectivity index (χ1n) is 7.02. The second kappa shape index (κ2) is 5.68. The zero-order valence-electron chi connectivity index (χ0n) is 13.0. The van der Waals surface area contributed by atoms with Gasteiger partial charge in [-0.3, -0.25) is 0 Å². The minimum atomic E-state index is -0.378. The molecule has 1 heteroatoms. The van der Waals surface area contributed by atoms with Crippen molar-refractivity contribution < 1.29 is 0 Å². The maximum absolute atomic E-state index is 2.39. The van der Waals surface area contributed by atoms with Crippen LogP contribution in [-0.2, 0) is 0 Å². The lowest BCUT2D eigenvalue weighted by Crippen LogP contribution is -2.32. The summed E-state index contributed by atoms with van der Waals surface area (Å²) in [6, 6.07) is 9.38. The highest BCUT2D eigenvalue weighted by molar-refractivity contribution is 6.68. The van der Waals surface area contributed by atoms with Gasteiger partial charge >= 0.3 is 20.4 Å². The van der Waals surface area contributed by atoms with Gasteiger partial charge in [-0.2, -0.15) is 7.39 Å². The molecule has 0 aliphatic heterocycles. The highest BCUT2D eigenvalue weighted by atomic mass is 24.5.